The summed E-state index contributed by atoms with van der Waals surface area (Å²) in [5.74, 6) is 0.624. The summed E-state index contributed by atoms with van der Waals surface area (Å²) in [5, 5.41) is 1.69. The topological polar surface area (TPSA) is 52.1 Å². The molecular weight excluding hydrogens is 431 g/mol. The molecule has 0 aliphatic carbocycles. The van der Waals surface area contributed by atoms with Gasteiger partial charge in [-0.2, -0.15) is 0 Å². The first-order valence-electron chi connectivity index (χ1n) is 9.71. The van der Waals surface area contributed by atoms with Gasteiger partial charge in [-0.15, -0.1) is 0 Å². The molecule has 154 valence electrons. The molecule has 4 nitrogen and oxygen atoms in total. The van der Waals surface area contributed by atoms with Crippen LogP contribution in [0.2, 0.25) is 10.3 Å². The quantitative estimate of drug-likeness (QED) is 0.183. The normalized spacial score (nSPS) is 11.2. The van der Waals surface area contributed by atoms with Gasteiger partial charge in [-0.3, -0.25) is 4.79 Å². The molecule has 0 aliphatic rings. The minimum Gasteiger partial charge on any atom is -0.494 e. The first-order valence-corrected chi connectivity index (χ1v) is 10.5. The first-order chi connectivity index (χ1) is 15.0. The monoisotopic (exact) mass is 448 g/mol. The van der Waals surface area contributed by atoms with Gasteiger partial charge in [-0.1, -0.05) is 47.5 Å². The van der Waals surface area contributed by atoms with Crippen LogP contribution in [0.3, 0.4) is 0 Å². The van der Waals surface area contributed by atoms with Gasteiger partial charge in [0.2, 0.25) is 0 Å². The van der Waals surface area contributed by atoms with Crippen LogP contribution in [0.4, 0.5) is 0 Å². The van der Waals surface area contributed by atoms with E-state index in [1.54, 1.807) is 30.5 Å². The lowest BCUT2D eigenvalue weighted by molar-refractivity contribution is 0.104. The largest absolute Gasteiger partial charge is 0.494 e. The summed E-state index contributed by atoms with van der Waals surface area (Å²) in [4.78, 5) is 21.1. The Morgan fingerprint density at radius 2 is 1.77 bits per heavy atom. The van der Waals surface area contributed by atoms with E-state index >= 15 is 0 Å². The number of allylic oxidation sites excluding steroid dienone is 1. The number of aromatic nitrogens is 2. The number of pyridine rings is 2. The van der Waals surface area contributed by atoms with Gasteiger partial charge in [0.15, 0.2) is 5.78 Å². The molecule has 0 bridgehead atoms. The van der Waals surface area contributed by atoms with E-state index in [2.05, 4.69) is 9.97 Å². The molecule has 4 aromatic rings. The van der Waals surface area contributed by atoms with Crippen molar-refractivity contribution in [1.29, 1.82) is 0 Å². The number of benzene rings is 2. The molecule has 0 fully saturated rings. The van der Waals surface area contributed by atoms with Crippen molar-refractivity contribution in [2.45, 2.75) is 6.92 Å². The van der Waals surface area contributed by atoms with E-state index < -0.39 is 0 Å². The minimum absolute atomic E-state index is 0.122. The van der Waals surface area contributed by atoms with Gasteiger partial charge in [0.1, 0.15) is 16.1 Å². The predicted octanol–water partition coefficient (Wildman–Crippen LogP) is 6.90. The lowest BCUT2D eigenvalue weighted by atomic mass is 10.0. The zero-order chi connectivity index (χ0) is 21.8. The molecule has 2 heterocycles. The highest BCUT2D eigenvalue weighted by Crippen LogP contribution is 2.26. The number of hydrogen-bond acceptors (Lipinski definition) is 4. The van der Waals surface area contributed by atoms with Crippen molar-refractivity contribution in [2.24, 2.45) is 0 Å². The number of carbonyl (C=O) groups is 1. The van der Waals surface area contributed by atoms with Gasteiger partial charge < -0.3 is 4.74 Å². The number of fused-ring (bicyclic) bond motifs is 1. The van der Waals surface area contributed by atoms with Gasteiger partial charge in [0, 0.05) is 34.3 Å². The maximum atomic E-state index is 12.6. The molecule has 0 aliphatic heterocycles. The standard InChI is InChI=1S/C25H18Cl2N2O2/c1-2-31-21-10-7-18-13-19(25(27)29-22(18)14-21)8-11-23(30)17-5-3-16(4-6-17)20-9-12-24(26)28-15-20/h3-15H,2H2,1H3/b11-8+. The molecule has 0 spiro atoms. The lowest BCUT2D eigenvalue weighted by Crippen LogP contribution is -1.95. The summed E-state index contributed by atoms with van der Waals surface area (Å²) < 4.78 is 5.50. The third-order valence-corrected chi connectivity index (χ3v) is 5.25. The van der Waals surface area contributed by atoms with Crippen LogP contribution in [-0.4, -0.2) is 22.4 Å². The molecule has 0 atom stereocenters. The summed E-state index contributed by atoms with van der Waals surface area (Å²) in [5.41, 5.74) is 3.88. The van der Waals surface area contributed by atoms with E-state index in [-0.39, 0.29) is 5.78 Å². The van der Waals surface area contributed by atoms with Crippen LogP contribution in [0, 0.1) is 0 Å². The van der Waals surface area contributed by atoms with E-state index in [9.17, 15) is 4.79 Å². The Morgan fingerprint density at radius 1 is 1.00 bits per heavy atom. The summed E-state index contributed by atoms with van der Waals surface area (Å²) in [7, 11) is 0. The zero-order valence-electron chi connectivity index (χ0n) is 16.7. The highest BCUT2D eigenvalue weighted by molar-refractivity contribution is 6.31. The van der Waals surface area contributed by atoms with Crippen molar-refractivity contribution in [2.75, 3.05) is 6.61 Å². The maximum absolute atomic E-state index is 12.6. The second-order valence-electron chi connectivity index (χ2n) is 6.80. The summed E-state index contributed by atoms with van der Waals surface area (Å²) in [6.45, 7) is 2.51. The number of ether oxygens (including phenoxy) is 1. The van der Waals surface area contributed by atoms with Crippen molar-refractivity contribution in [3.8, 4) is 16.9 Å². The molecule has 4 rings (SSSR count). The molecule has 2 aromatic carbocycles. The summed E-state index contributed by atoms with van der Waals surface area (Å²) in [6, 6.07) is 18.5. The summed E-state index contributed by atoms with van der Waals surface area (Å²) >= 11 is 12.2. The first kappa shape index (κ1) is 21.0. The fourth-order valence-corrected chi connectivity index (χ4v) is 3.47. The number of hydrogen-bond donors (Lipinski definition) is 0. The number of nitrogens with zero attached hydrogens (tertiary/aromatic N) is 2. The Balaban J connectivity index is 1.53. The van der Waals surface area contributed by atoms with Gasteiger partial charge in [-0.05, 0) is 55.0 Å². The van der Waals surface area contributed by atoms with Crippen LogP contribution in [0.5, 0.6) is 5.75 Å². The Morgan fingerprint density at radius 3 is 2.48 bits per heavy atom. The van der Waals surface area contributed by atoms with E-state index in [0.717, 1.165) is 27.8 Å². The molecule has 2 aromatic heterocycles. The van der Waals surface area contributed by atoms with Crippen molar-refractivity contribution < 1.29 is 9.53 Å². The minimum atomic E-state index is -0.122. The highest BCUT2D eigenvalue weighted by Gasteiger charge is 2.07. The average Bonchev–Trinajstić information content (AvgIpc) is 2.78. The molecular formula is C25H18Cl2N2O2. The molecule has 0 saturated heterocycles. The van der Waals surface area contributed by atoms with Gasteiger partial charge in [0.25, 0.3) is 0 Å². The van der Waals surface area contributed by atoms with Crippen molar-refractivity contribution in [3.05, 3.63) is 94.4 Å². The smallest absolute Gasteiger partial charge is 0.185 e. The lowest BCUT2D eigenvalue weighted by Gasteiger charge is -2.06. The number of rotatable bonds is 6. The Bertz CT molecular complexity index is 1270. The molecule has 0 unspecified atom stereocenters. The molecule has 31 heavy (non-hydrogen) atoms. The van der Waals surface area contributed by atoms with Gasteiger partial charge in [0.05, 0.1) is 12.1 Å². The third-order valence-electron chi connectivity index (χ3n) is 4.73. The number of carbonyl (C=O) groups excluding carboxylic acids is 1. The number of ketones is 1. The molecule has 0 amide bonds. The highest BCUT2D eigenvalue weighted by atomic mass is 35.5. The summed E-state index contributed by atoms with van der Waals surface area (Å²) in [6.07, 6.45) is 4.89. The maximum Gasteiger partial charge on any atom is 0.185 e. The van der Waals surface area contributed by atoms with Crippen LogP contribution in [0.25, 0.3) is 28.1 Å². The molecule has 0 saturated carbocycles. The van der Waals surface area contributed by atoms with Crippen LogP contribution >= 0.6 is 23.2 Å². The third kappa shape index (κ3) is 4.93. The fraction of sp³-hybridized carbons (Fsp3) is 0.0800. The average molecular weight is 449 g/mol. The second kappa shape index (κ2) is 9.29. The van der Waals surface area contributed by atoms with E-state index in [1.807, 2.05) is 49.4 Å². The SMILES string of the molecule is CCOc1ccc2cc(/C=C/C(=O)c3ccc(-c4ccc(Cl)nc4)cc3)c(Cl)nc2c1. The van der Waals surface area contributed by atoms with Gasteiger partial charge in [-0.25, -0.2) is 9.97 Å². The number of halogens is 2. The van der Waals surface area contributed by atoms with Crippen molar-refractivity contribution in [1.82, 2.24) is 9.97 Å². The fourth-order valence-electron chi connectivity index (χ4n) is 3.15. The van der Waals surface area contributed by atoms with E-state index in [0.29, 0.717) is 28.0 Å². The Labute approximate surface area is 190 Å². The zero-order valence-corrected chi connectivity index (χ0v) is 18.2. The van der Waals surface area contributed by atoms with Crippen LogP contribution < -0.4 is 4.74 Å². The van der Waals surface area contributed by atoms with E-state index in [4.69, 9.17) is 27.9 Å². The molecule has 6 heteroatoms. The van der Waals surface area contributed by atoms with Crippen molar-refractivity contribution >= 4 is 46.0 Å². The Kier molecular flexibility index (Phi) is 6.31. The van der Waals surface area contributed by atoms with Crippen molar-refractivity contribution in [3.63, 3.8) is 0 Å². The van der Waals surface area contributed by atoms with Crippen LogP contribution in [0.1, 0.15) is 22.8 Å². The molecule has 0 N–H and O–H groups in total. The second-order valence-corrected chi connectivity index (χ2v) is 7.55. The van der Waals surface area contributed by atoms with Crippen LogP contribution in [0.15, 0.2) is 72.9 Å². The Hall–Kier alpha value is -3.21. The van der Waals surface area contributed by atoms with Gasteiger partial charge >= 0.3 is 0 Å². The van der Waals surface area contributed by atoms with Crippen LogP contribution in [-0.2, 0) is 0 Å². The predicted molar refractivity (Wildman–Crippen MR) is 126 cm³/mol. The van der Waals surface area contributed by atoms with E-state index in [1.165, 1.54) is 6.08 Å². The molecule has 0 radical (unpaired) electrons.